The summed E-state index contributed by atoms with van der Waals surface area (Å²) in [6.45, 7) is 2.56. The summed E-state index contributed by atoms with van der Waals surface area (Å²) >= 11 is 5.81. The molecule has 0 heterocycles. The number of hydrogen-bond acceptors (Lipinski definition) is 3. The minimum Gasteiger partial charge on any atom is -0.478 e. The maximum absolute atomic E-state index is 12.4. The number of carboxylic acids is 1. The summed E-state index contributed by atoms with van der Waals surface area (Å²) in [5.41, 5.74) is -0.107. The zero-order valence-corrected chi connectivity index (χ0v) is 12.8. The molecule has 110 valence electrons. The molecule has 1 aliphatic rings. The molecule has 1 aromatic carbocycles. The number of carbonyl (C=O) groups is 1. The van der Waals surface area contributed by atoms with E-state index in [1.54, 1.807) is 0 Å². The lowest BCUT2D eigenvalue weighted by Gasteiger charge is -2.17. The number of benzene rings is 1. The van der Waals surface area contributed by atoms with Crippen molar-refractivity contribution in [1.82, 2.24) is 4.31 Å². The summed E-state index contributed by atoms with van der Waals surface area (Å²) in [6.07, 6.45) is 1.04. The molecule has 1 fully saturated rings. The first-order chi connectivity index (χ1) is 9.23. The van der Waals surface area contributed by atoms with Gasteiger partial charge in [-0.25, -0.2) is 17.5 Å². The number of carboxylic acid groups (broad SMARTS) is 1. The smallest absolute Gasteiger partial charge is 0.337 e. The van der Waals surface area contributed by atoms with Gasteiger partial charge in [0.1, 0.15) is 0 Å². The third-order valence-electron chi connectivity index (χ3n) is 3.65. The number of aromatic carboxylic acids is 1. The fraction of sp³-hybridized carbons (Fsp3) is 0.462. The molecule has 2 atom stereocenters. The SMILES string of the molecule is CC1CC1CN(C)S(=O)(=O)c1ccc(C(=O)O)c(Cl)c1. The lowest BCUT2D eigenvalue weighted by atomic mass is 10.2. The van der Waals surface area contributed by atoms with Crippen LogP contribution < -0.4 is 0 Å². The highest BCUT2D eigenvalue weighted by Crippen LogP contribution is 2.38. The van der Waals surface area contributed by atoms with Crippen molar-refractivity contribution in [2.75, 3.05) is 13.6 Å². The maximum Gasteiger partial charge on any atom is 0.337 e. The van der Waals surface area contributed by atoms with E-state index in [-0.39, 0.29) is 15.5 Å². The Hall–Kier alpha value is -1.11. The fourth-order valence-electron chi connectivity index (χ4n) is 2.09. The zero-order valence-electron chi connectivity index (χ0n) is 11.2. The van der Waals surface area contributed by atoms with Gasteiger partial charge in [-0.3, -0.25) is 0 Å². The number of sulfonamides is 1. The van der Waals surface area contributed by atoms with Gasteiger partial charge >= 0.3 is 5.97 Å². The fourth-order valence-corrected chi connectivity index (χ4v) is 3.67. The molecule has 7 heteroatoms. The predicted octanol–water partition coefficient (Wildman–Crippen LogP) is 2.31. The molecule has 2 unspecified atom stereocenters. The molecule has 0 saturated heterocycles. The number of hydrogen-bond donors (Lipinski definition) is 1. The molecule has 0 radical (unpaired) electrons. The van der Waals surface area contributed by atoms with Gasteiger partial charge in [0, 0.05) is 13.6 Å². The van der Waals surface area contributed by atoms with Crippen molar-refractivity contribution >= 4 is 27.6 Å². The van der Waals surface area contributed by atoms with Crippen LogP contribution in [0.5, 0.6) is 0 Å². The molecular weight excluding hydrogens is 302 g/mol. The van der Waals surface area contributed by atoms with E-state index < -0.39 is 16.0 Å². The second-order valence-corrected chi connectivity index (χ2v) is 7.66. The molecule has 2 rings (SSSR count). The first-order valence-electron chi connectivity index (χ1n) is 6.22. The highest BCUT2D eigenvalue weighted by atomic mass is 35.5. The number of halogens is 1. The Balaban J connectivity index is 2.25. The molecule has 1 saturated carbocycles. The Bertz CT molecular complexity index is 644. The Labute approximate surface area is 123 Å². The van der Waals surface area contributed by atoms with Crippen molar-refractivity contribution in [3.05, 3.63) is 28.8 Å². The topological polar surface area (TPSA) is 74.7 Å². The highest BCUT2D eigenvalue weighted by Gasteiger charge is 2.36. The second kappa shape index (κ2) is 5.35. The maximum atomic E-state index is 12.4. The summed E-state index contributed by atoms with van der Waals surface area (Å²) < 4.78 is 26.0. The van der Waals surface area contributed by atoms with E-state index >= 15 is 0 Å². The summed E-state index contributed by atoms with van der Waals surface area (Å²) in [6, 6.07) is 3.68. The molecule has 5 nitrogen and oxygen atoms in total. The van der Waals surface area contributed by atoms with Crippen LogP contribution in [0.25, 0.3) is 0 Å². The van der Waals surface area contributed by atoms with Gasteiger partial charge in [-0.05, 0) is 36.5 Å². The molecule has 0 spiro atoms. The van der Waals surface area contributed by atoms with Crippen molar-refractivity contribution in [3.8, 4) is 0 Å². The monoisotopic (exact) mass is 317 g/mol. The summed E-state index contributed by atoms with van der Waals surface area (Å²) in [5, 5.41) is 8.80. The van der Waals surface area contributed by atoms with Gasteiger partial charge in [0.25, 0.3) is 0 Å². The molecule has 0 aromatic heterocycles. The van der Waals surface area contributed by atoms with Gasteiger partial charge in [0.05, 0.1) is 15.5 Å². The van der Waals surface area contributed by atoms with Crippen LogP contribution in [0.3, 0.4) is 0 Å². The molecule has 0 aliphatic heterocycles. The van der Waals surface area contributed by atoms with Crippen LogP contribution in [-0.2, 0) is 10.0 Å². The van der Waals surface area contributed by atoms with Gasteiger partial charge < -0.3 is 5.11 Å². The number of rotatable bonds is 5. The lowest BCUT2D eigenvalue weighted by Crippen LogP contribution is -2.29. The molecule has 1 N–H and O–H groups in total. The molecule has 1 aromatic rings. The van der Waals surface area contributed by atoms with Gasteiger partial charge in [-0.15, -0.1) is 0 Å². The van der Waals surface area contributed by atoms with Crippen LogP contribution in [0.4, 0.5) is 0 Å². The number of nitrogens with zero attached hydrogens (tertiary/aromatic N) is 1. The van der Waals surface area contributed by atoms with E-state index in [1.165, 1.54) is 29.6 Å². The Kier molecular flexibility index (Phi) is 4.09. The zero-order chi connectivity index (χ0) is 15.1. The lowest BCUT2D eigenvalue weighted by molar-refractivity contribution is 0.0697. The van der Waals surface area contributed by atoms with E-state index in [1.807, 2.05) is 0 Å². The van der Waals surface area contributed by atoms with Crippen LogP contribution in [0, 0.1) is 11.8 Å². The van der Waals surface area contributed by atoms with Crippen LogP contribution in [0.2, 0.25) is 5.02 Å². The minimum atomic E-state index is -3.63. The first-order valence-corrected chi connectivity index (χ1v) is 8.04. The quantitative estimate of drug-likeness (QED) is 0.904. The summed E-state index contributed by atoms with van der Waals surface area (Å²) in [7, 11) is -2.10. The Morgan fingerprint density at radius 3 is 2.55 bits per heavy atom. The normalized spacial score (nSPS) is 22.0. The molecule has 0 bridgehead atoms. The largest absolute Gasteiger partial charge is 0.478 e. The molecule has 1 aliphatic carbocycles. The van der Waals surface area contributed by atoms with Crippen molar-refractivity contribution in [3.63, 3.8) is 0 Å². The second-order valence-electron chi connectivity index (χ2n) is 5.21. The average Bonchev–Trinajstić information content (AvgIpc) is 3.04. The molecule has 0 amide bonds. The minimum absolute atomic E-state index is 0.0169. The van der Waals surface area contributed by atoms with Gasteiger partial charge in [0.2, 0.25) is 10.0 Å². The summed E-state index contributed by atoms with van der Waals surface area (Å²) in [5.74, 6) is -0.215. The van der Waals surface area contributed by atoms with E-state index in [2.05, 4.69) is 6.92 Å². The van der Waals surface area contributed by atoms with E-state index in [0.717, 1.165) is 6.42 Å². The van der Waals surface area contributed by atoms with Crippen LogP contribution in [0.1, 0.15) is 23.7 Å². The van der Waals surface area contributed by atoms with Crippen molar-refractivity contribution in [2.24, 2.45) is 11.8 Å². The van der Waals surface area contributed by atoms with Crippen LogP contribution in [-0.4, -0.2) is 37.4 Å². The van der Waals surface area contributed by atoms with E-state index in [0.29, 0.717) is 18.4 Å². The van der Waals surface area contributed by atoms with Crippen LogP contribution >= 0.6 is 11.6 Å². The van der Waals surface area contributed by atoms with Gasteiger partial charge in [-0.2, -0.15) is 0 Å². The first kappa shape index (κ1) is 15.3. The van der Waals surface area contributed by atoms with Crippen molar-refractivity contribution in [1.29, 1.82) is 0 Å². The van der Waals surface area contributed by atoms with E-state index in [4.69, 9.17) is 16.7 Å². The van der Waals surface area contributed by atoms with Gasteiger partial charge in [0.15, 0.2) is 0 Å². The standard InChI is InChI=1S/C13H16ClNO4S/c1-8-5-9(8)7-15(2)20(18,19)10-3-4-11(13(16)17)12(14)6-10/h3-4,6,8-9H,5,7H2,1-2H3,(H,16,17). The van der Waals surface area contributed by atoms with Crippen LogP contribution in [0.15, 0.2) is 23.1 Å². The molecule has 20 heavy (non-hydrogen) atoms. The predicted molar refractivity (Wildman–Crippen MR) is 75.5 cm³/mol. The molecular formula is C13H16ClNO4S. The average molecular weight is 318 g/mol. The third-order valence-corrected chi connectivity index (χ3v) is 5.78. The van der Waals surface area contributed by atoms with E-state index in [9.17, 15) is 13.2 Å². The third kappa shape index (κ3) is 2.97. The van der Waals surface area contributed by atoms with Gasteiger partial charge in [-0.1, -0.05) is 18.5 Å². The highest BCUT2D eigenvalue weighted by molar-refractivity contribution is 7.89. The van der Waals surface area contributed by atoms with Crippen molar-refractivity contribution < 1.29 is 18.3 Å². The Morgan fingerprint density at radius 1 is 1.50 bits per heavy atom. The van der Waals surface area contributed by atoms with Crippen molar-refractivity contribution in [2.45, 2.75) is 18.2 Å². The Morgan fingerprint density at radius 2 is 2.10 bits per heavy atom. The summed E-state index contributed by atoms with van der Waals surface area (Å²) in [4.78, 5) is 10.9.